The number of carbonyl (C=O) groups excluding carboxylic acids is 1. The van der Waals surface area contributed by atoms with E-state index in [9.17, 15) is 9.90 Å². The van der Waals surface area contributed by atoms with Crippen LogP contribution in [0.5, 0.6) is 0 Å². The number of esters is 1. The van der Waals surface area contributed by atoms with Crippen LogP contribution < -0.4 is 0 Å². The first-order valence-electron chi connectivity index (χ1n) is 6.80. The molecule has 1 aromatic heterocycles. The molecule has 7 heteroatoms. The molecule has 0 atom stereocenters. The summed E-state index contributed by atoms with van der Waals surface area (Å²) in [6, 6.07) is 0. The zero-order valence-electron chi connectivity index (χ0n) is 11.2. The van der Waals surface area contributed by atoms with Gasteiger partial charge in [-0.2, -0.15) is 0 Å². The molecule has 0 amide bonds. The predicted molar refractivity (Wildman–Crippen MR) is 65.9 cm³/mol. The fraction of sp³-hybridized carbons (Fsp3) is 0.833. The van der Waals surface area contributed by atoms with Crippen LogP contribution >= 0.6 is 0 Å². The minimum absolute atomic E-state index is 0.00808. The van der Waals surface area contributed by atoms with Crippen molar-refractivity contribution in [3.8, 4) is 0 Å². The van der Waals surface area contributed by atoms with Crippen LogP contribution in [-0.4, -0.2) is 36.9 Å². The lowest BCUT2D eigenvalue weighted by Gasteiger charge is -2.29. The van der Waals surface area contributed by atoms with E-state index < -0.39 is 11.6 Å². The van der Waals surface area contributed by atoms with Crippen molar-refractivity contribution in [2.75, 3.05) is 0 Å². The van der Waals surface area contributed by atoms with E-state index >= 15 is 0 Å². The van der Waals surface area contributed by atoms with Gasteiger partial charge in [0.1, 0.15) is 0 Å². The molecule has 106 valence electrons. The largest absolute Gasteiger partial charge is 0.455 e. The van der Waals surface area contributed by atoms with Gasteiger partial charge in [0.05, 0.1) is 0 Å². The Kier molecular flexibility index (Phi) is 4.47. The van der Waals surface area contributed by atoms with E-state index in [0.717, 1.165) is 25.7 Å². The summed E-state index contributed by atoms with van der Waals surface area (Å²) in [5, 5.41) is 21.4. The van der Waals surface area contributed by atoms with Crippen molar-refractivity contribution < 1.29 is 14.6 Å². The summed E-state index contributed by atoms with van der Waals surface area (Å²) >= 11 is 0. The van der Waals surface area contributed by atoms with Gasteiger partial charge >= 0.3 is 5.97 Å². The Morgan fingerprint density at radius 2 is 2.16 bits per heavy atom. The Bertz CT molecular complexity index is 426. The Balaban J connectivity index is 1.90. The van der Waals surface area contributed by atoms with E-state index in [1.165, 1.54) is 0 Å². The second-order valence-electron chi connectivity index (χ2n) is 4.99. The van der Waals surface area contributed by atoms with Crippen LogP contribution in [0.25, 0.3) is 0 Å². The number of aryl methyl sites for hydroxylation is 1. The molecule has 0 unspecified atom stereocenters. The first-order valence-corrected chi connectivity index (χ1v) is 6.80. The third kappa shape index (κ3) is 3.28. The standard InChI is InChI=1S/C12H20N4O3/c1-2-8-16-10(13-14-15-16)9-19-11(17)12(18)6-4-3-5-7-12/h18H,2-9H2,1H3. The number of aromatic nitrogens is 4. The van der Waals surface area contributed by atoms with Gasteiger partial charge in [0.15, 0.2) is 18.0 Å². The van der Waals surface area contributed by atoms with Gasteiger partial charge in [0.2, 0.25) is 0 Å². The third-order valence-corrected chi connectivity index (χ3v) is 3.43. The van der Waals surface area contributed by atoms with Crippen LogP contribution in [0.1, 0.15) is 51.3 Å². The molecule has 1 heterocycles. The molecule has 2 rings (SSSR count). The van der Waals surface area contributed by atoms with E-state index in [1.54, 1.807) is 4.68 Å². The van der Waals surface area contributed by atoms with E-state index in [2.05, 4.69) is 15.5 Å². The van der Waals surface area contributed by atoms with Crippen LogP contribution in [0.4, 0.5) is 0 Å². The average molecular weight is 268 g/mol. The minimum Gasteiger partial charge on any atom is -0.455 e. The molecule has 0 spiro atoms. The Morgan fingerprint density at radius 3 is 2.84 bits per heavy atom. The van der Waals surface area contributed by atoms with Crippen LogP contribution in [0, 0.1) is 0 Å². The lowest BCUT2D eigenvalue weighted by atomic mass is 9.85. The van der Waals surface area contributed by atoms with Gasteiger partial charge in [0.25, 0.3) is 0 Å². The molecular weight excluding hydrogens is 248 g/mol. The van der Waals surface area contributed by atoms with Gasteiger partial charge < -0.3 is 9.84 Å². The van der Waals surface area contributed by atoms with E-state index in [0.29, 0.717) is 25.2 Å². The monoisotopic (exact) mass is 268 g/mol. The number of aliphatic hydroxyl groups is 1. The van der Waals surface area contributed by atoms with Crippen molar-refractivity contribution in [1.82, 2.24) is 20.2 Å². The molecule has 19 heavy (non-hydrogen) atoms. The zero-order chi connectivity index (χ0) is 13.7. The number of hydrogen-bond donors (Lipinski definition) is 1. The highest BCUT2D eigenvalue weighted by Crippen LogP contribution is 2.29. The van der Waals surface area contributed by atoms with Crippen molar-refractivity contribution in [3.05, 3.63) is 5.82 Å². The second-order valence-corrected chi connectivity index (χ2v) is 4.99. The number of hydrogen-bond acceptors (Lipinski definition) is 6. The topological polar surface area (TPSA) is 90.1 Å². The SMILES string of the molecule is CCCn1nnnc1COC(=O)C1(O)CCCCC1. The van der Waals surface area contributed by atoms with Gasteiger partial charge in [0, 0.05) is 6.54 Å². The highest BCUT2D eigenvalue weighted by molar-refractivity contribution is 5.79. The zero-order valence-corrected chi connectivity index (χ0v) is 11.2. The van der Waals surface area contributed by atoms with Crippen LogP contribution in [0.3, 0.4) is 0 Å². The first-order chi connectivity index (χ1) is 9.15. The molecule has 1 fully saturated rings. The summed E-state index contributed by atoms with van der Waals surface area (Å²) in [7, 11) is 0. The van der Waals surface area contributed by atoms with Crippen molar-refractivity contribution in [1.29, 1.82) is 0 Å². The fourth-order valence-electron chi connectivity index (χ4n) is 2.32. The molecule has 0 saturated heterocycles. The van der Waals surface area contributed by atoms with Crippen LogP contribution in [0.15, 0.2) is 0 Å². The second kappa shape index (κ2) is 6.10. The van der Waals surface area contributed by atoms with Crippen molar-refractivity contribution >= 4 is 5.97 Å². The fourth-order valence-corrected chi connectivity index (χ4v) is 2.32. The van der Waals surface area contributed by atoms with Gasteiger partial charge in [-0.15, -0.1) is 5.10 Å². The number of carbonyl (C=O) groups is 1. The summed E-state index contributed by atoms with van der Waals surface area (Å²) in [4.78, 5) is 11.9. The van der Waals surface area contributed by atoms with E-state index in [-0.39, 0.29) is 6.61 Å². The van der Waals surface area contributed by atoms with Gasteiger partial charge in [-0.25, -0.2) is 9.48 Å². The maximum absolute atomic E-state index is 11.9. The maximum Gasteiger partial charge on any atom is 0.338 e. The summed E-state index contributed by atoms with van der Waals surface area (Å²) in [5.41, 5.74) is -1.32. The molecule has 1 aliphatic rings. The summed E-state index contributed by atoms with van der Waals surface area (Å²) < 4.78 is 6.77. The molecule has 7 nitrogen and oxygen atoms in total. The molecule has 1 N–H and O–H groups in total. The number of rotatable bonds is 5. The Hall–Kier alpha value is -1.50. The molecule has 0 bridgehead atoms. The summed E-state index contributed by atoms with van der Waals surface area (Å²) in [6.07, 6.45) is 4.63. The number of tetrazole rings is 1. The van der Waals surface area contributed by atoms with Gasteiger partial charge in [-0.05, 0) is 42.5 Å². The highest BCUT2D eigenvalue weighted by Gasteiger charge is 2.38. The van der Waals surface area contributed by atoms with Crippen molar-refractivity contribution in [2.45, 2.75) is 64.2 Å². The van der Waals surface area contributed by atoms with Crippen LogP contribution in [-0.2, 0) is 22.7 Å². The first kappa shape index (κ1) is 13.9. The quantitative estimate of drug-likeness (QED) is 0.795. The van der Waals surface area contributed by atoms with E-state index in [1.807, 2.05) is 6.92 Å². The smallest absolute Gasteiger partial charge is 0.338 e. The van der Waals surface area contributed by atoms with Crippen molar-refractivity contribution in [2.24, 2.45) is 0 Å². The molecule has 0 aromatic carbocycles. The Labute approximate surface area is 111 Å². The summed E-state index contributed by atoms with van der Waals surface area (Å²) in [6.45, 7) is 2.71. The van der Waals surface area contributed by atoms with Gasteiger partial charge in [-0.1, -0.05) is 13.3 Å². The lowest BCUT2D eigenvalue weighted by Crippen LogP contribution is -2.41. The van der Waals surface area contributed by atoms with Gasteiger partial charge in [-0.3, -0.25) is 0 Å². The highest BCUT2D eigenvalue weighted by atomic mass is 16.5. The Morgan fingerprint density at radius 1 is 1.42 bits per heavy atom. The summed E-state index contributed by atoms with van der Waals surface area (Å²) in [5.74, 6) is -0.0483. The molecule has 0 radical (unpaired) electrons. The van der Waals surface area contributed by atoms with Crippen molar-refractivity contribution in [3.63, 3.8) is 0 Å². The number of nitrogens with zero attached hydrogens (tertiary/aromatic N) is 4. The third-order valence-electron chi connectivity index (χ3n) is 3.43. The molecule has 1 aliphatic carbocycles. The maximum atomic E-state index is 11.9. The molecule has 1 aromatic rings. The molecule has 1 saturated carbocycles. The lowest BCUT2D eigenvalue weighted by molar-refractivity contribution is -0.170. The van der Waals surface area contributed by atoms with E-state index in [4.69, 9.17) is 4.74 Å². The van der Waals surface area contributed by atoms with Crippen LogP contribution in [0.2, 0.25) is 0 Å². The average Bonchev–Trinajstić information content (AvgIpc) is 2.85. The molecule has 0 aliphatic heterocycles. The normalized spacial score (nSPS) is 18.2. The predicted octanol–water partition coefficient (Wildman–Crippen LogP) is 0.821. The minimum atomic E-state index is -1.32. The number of ether oxygens (including phenoxy) is 1. The molecular formula is C12H20N4O3.